The number of unbranched alkanes of at least 4 members (excludes halogenated alkanes) is 1. The lowest BCUT2D eigenvalue weighted by atomic mass is 9.82. The first-order chi connectivity index (χ1) is 15.2. The molecule has 4 rings (SSSR count). The van der Waals surface area contributed by atoms with E-state index in [9.17, 15) is 4.39 Å². The zero-order valence-corrected chi connectivity index (χ0v) is 18.6. The van der Waals surface area contributed by atoms with Crippen LogP contribution in [0.1, 0.15) is 79.3 Å². The molecular weight excluding hydrogens is 379 g/mol. The zero-order chi connectivity index (χ0) is 21.6. The topological polar surface area (TPSA) is 0 Å². The normalized spacial score (nSPS) is 18.3. The minimum atomic E-state index is -0.156. The Balaban J connectivity index is 0.00000289. The lowest BCUT2D eigenvalue weighted by Gasteiger charge is -2.22. The number of rotatable bonds is 7. The molecule has 0 aromatic heterocycles. The quantitative estimate of drug-likeness (QED) is 0.340. The summed E-state index contributed by atoms with van der Waals surface area (Å²) in [7, 11) is 0. The van der Waals surface area contributed by atoms with Gasteiger partial charge in [-0.15, -0.1) is 0 Å². The first-order valence-corrected chi connectivity index (χ1v) is 11.7. The summed E-state index contributed by atoms with van der Waals surface area (Å²) >= 11 is 0. The first kappa shape index (κ1) is 21.6. The molecule has 0 spiro atoms. The van der Waals surface area contributed by atoms with Gasteiger partial charge in [-0.1, -0.05) is 80.6 Å². The number of halogens is 1. The van der Waals surface area contributed by atoms with Crippen molar-refractivity contribution in [2.24, 2.45) is 0 Å². The van der Waals surface area contributed by atoms with Crippen LogP contribution in [0.3, 0.4) is 0 Å². The Morgan fingerprint density at radius 1 is 1.00 bits per heavy atom. The van der Waals surface area contributed by atoms with Crippen LogP contribution < -0.4 is 0 Å². The second kappa shape index (κ2) is 10.1. The maximum Gasteiger partial charge on any atom is 0.123 e. The van der Waals surface area contributed by atoms with Crippen LogP contribution in [0.2, 0.25) is 0 Å². The van der Waals surface area contributed by atoms with Gasteiger partial charge < -0.3 is 0 Å². The molecule has 0 fully saturated rings. The molecule has 3 aromatic carbocycles. The van der Waals surface area contributed by atoms with Gasteiger partial charge in [-0.05, 0) is 95.9 Å². The Bertz CT molecular complexity index is 1000. The highest BCUT2D eigenvalue weighted by Crippen LogP contribution is 2.40. The van der Waals surface area contributed by atoms with Crippen LogP contribution in [-0.4, -0.2) is 0 Å². The summed E-state index contributed by atoms with van der Waals surface area (Å²) < 4.78 is 13.5. The van der Waals surface area contributed by atoms with Crippen molar-refractivity contribution >= 4 is 6.08 Å². The van der Waals surface area contributed by atoms with E-state index in [4.69, 9.17) is 0 Å². The van der Waals surface area contributed by atoms with Crippen LogP contribution >= 0.6 is 0 Å². The second-order valence-corrected chi connectivity index (χ2v) is 9.01. The highest BCUT2D eigenvalue weighted by Gasteiger charge is 2.26. The molecule has 2 atom stereocenters. The zero-order valence-electron chi connectivity index (χ0n) is 18.6. The van der Waals surface area contributed by atoms with Crippen LogP contribution in [0.15, 0.2) is 73.3 Å². The summed E-state index contributed by atoms with van der Waals surface area (Å²) in [5, 5.41) is 0. The second-order valence-electron chi connectivity index (χ2n) is 9.01. The monoisotopic (exact) mass is 414 g/mol. The summed E-state index contributed by atoms with van der Waals surface area (Å²) in [5.41, 5.74) is 8.23. The number of hydrogen-bond acceptors (Lipinski definition) is 0. The number of aryl methyl sites for hydroxylation is 2. The van der Waals surface area contributed by atoms with Crippen molar-refractivity contribution in [1.29, 1.82) is 0 Å². The van der Waals surface area contributed by atoms with Crippen molar-refractivity contribution < 1.29 is 5.82 Å². The van der Waals surface area contributed by atoms with E-state index in [1.54, 1.807) is 12.1 Å². The van der Waals surface area contributed by atoms with E-state index in [1.807, 2.05) is 18.2 Å². The van der Waals surface area contributed by atoms with E-state index >= 15 is 0 Å². The van der Waals surface area contributed by atoms with Crippen molar-refractivity contribution in [2.75, 3.05) is 0 Å². The fraction of sp³-hybridized carbons (Fsp3) is 0.333. The van der Waals surface area contributed by atoms with Crippen LogP contribution in [-0.2, 0) is 19.3 Å². The van der Waals surface area contributed by atoms with E-state index in [0.717, 1.165) is 25.7 Å². The molecule has 1 heteroatoms. The van der Waals surface area contributed by atoms with Crippen LogP contribution in [0.5, 0.6) is 0 Å². The average molecular weight is 415 g/mol. The lowest BCUT2D eigenvalue weighted by Crippen LogP contribution is -2.08. The van der Waals surface area contributed by atoms with E-state index in [2.05, 4.69) is 56.0 Å². The van der Waals surface area contributed by atoms with Crippen LogP contribution in [0.4, 0.5) is 4.39 Å². The molecule has 162 valence electrons. The van der Waals surface area contributed by atoms with Gasteiger partial charge in [0.15, 0.2) is 0 Å². The van der Waals surface area contributed by atoms with Gasteiger partial charge in [-0.3, -0.25) is 0 Å². The van der Waals surface area contributed by atoms with E-state index in [0.29, 0.717) is 11.8 Å². The number of benzene rings is 3. The smallest absolute Gasteiger partial charge is 0.123 e. The molecule has 1 aliphatic rings. The van der Waals surface area contributed by atoms with Gasteiger partial charge in [0.25, 0.3) is 0 Å². The molecule has 0 heterocycles. The maximum atomic E-state index is 13.5. The van der Waals surface area contributed by atoms with Gasteiger partial charge in [0.2, 0.25) is 0 Å². The maximum absolute atomic E-state index is 13.5. The van der Waals surface area contributed by atoms with Gasteiger partial charge in [0.1, 0.15) is 5.82 Å². The Morgan fingerprint density at radius 3 is 2.45 bits per heavy atom. The number of hydrogen-bond donors (Lipinski definition) is 0. The molecule has 0 saturated heterocycles. The van der Waals surface area contributed by atoms with Gasteiger partial charge in [-0.25, -0.2) is 4.39 Å². The highest BCUT2D eigenvalue weighted by molar-refractivity contribution is 5.51. The van der Waals surface area contributed by atoms with Gasteiger partial charge in [0, 0.05) is 1.43 Å². The molecule has 31 heavy (non-hydrogen) atoms. The predicted molar refractivity (Wildman–Crippen MR) is 132 cm³/mol. The van der Waals surface area contributed by atoms with Crippen LogP contribution in [0, 0.1) is 5.82 Å². The molecule has 3 aromatic rings. The third-order valence-electron chi connectivity index (χ3n) is 6.84. The minimum Gasteiger partial charge on any atom is -0.207 e. The molecule has 0 saturated carbocycles. The highest BCUT2D eigenvalue weighted by atomic mass is 19.1. The van der Waals surface area contributed by atoms with Crippen molar-refractivity contribution in [3.63, 3.8) is 0 Å². The standard InChI is InChI=1S/C30H33F.H2/c1-3-5-6-23-7-9-24(10-8-23)20-28-21-26(25-14-16-29(31)17-15-25)12-13-27-19-22(4-2)11-18-30(27)28;/h4,7-11,14-19,26,28H,2-3,5-6,12-13,20-21H2,1H3;1H. The largest absolute Gasteiger partial charge is 0.207 e. The molecule has 0 radical (unpaired) electrons. The third-order valence-corrected chi connectivity index (χ3v) is 6.84. The molecule has 0 bridgehead atoms. The Kier molecular flexibility index (Phi) is 7.02. The van der Waals surface area contributed by atoms with Gasteiger partial charge in [-0.2, -0.15) is 0 Å². The molecule has 0 amide bonds. The van der Waals surface area contributed by atoms with Crippen molar-refractivity contribution in [2.45, 2.75) is 63.7 Å². The van der Waals surface area contributed by atoms with E-state index in [1.165, 1.54) is 52.6 Å². The van der Waals surface area contributed by atoms with Gasteiger partial charge >= 0.3 is 0 Å². The van der Waals surface area contributed by atoms with Crippen molar-refractivity contribution in [1.82, 2.24) is 0 Å². The fourth-order valence-electron chi connectivity index (χ4n) is 5.02. The molecule has 0 N–H and O–H groups in total. The molecule has 0 aliphatic heterocycles. The fourth-order valence-corrected chi connectivity index (χ4v) is 5.02. The average Bonchev–Trinajstić information content (AvgIpc) is 2.98. The van der Waals surface area contributed by atoms with E-state index < -0.39 is 0 Å². The summed E-state index contributed by atoms with van der Waals surface area (Å²) in [6, 6.07) is 23.2. The SMILES string of the molecule is C=Cc1ccc2c(c1)CCC(c1ccc(F)cc1)CC2Cc1ccc(CCCC)cc1.[HH]. The Morgan fingerprint density at radius 2 is 1.74 bits per heavy atom. The summed E-state index contributed by atoms with van der Waals surface area (Å²) in [6.45, 7) is 6.20. The van der Waals surface area contributed by atoms with Crippen LogP contribution in [0.25, 0.3) is 6.08 Å². The molecule has 2 unspecified atom stereocenters. The Labute approximate surface area is 188 Å². The van der Waals surface area contributed by atoms with E-state index in [-0.39, 0.29) is 7.24 Å². The summed E-state index contributed by atoms with van der Waals surface area (Å²) in [5.74, 6) is 0.762. The van der Waals surface area contributed by atoms with Crippen molar-refractivity contribution in [3.05, 3.63) is 113 Å². The minimum absolute atomic E-state index is 0. The number of fused-ring (bicyclic) bond motifs is 1. The third kappa shape index (κ3) is 5.34. The lowest BCUT2D eigenvalue weighted by molar-refractivity contribution is 0.522. The molecule has 0 nitrogen and oxygen atoms in total. The first-order valence-electron chi connectivity index (χ1n) is 11.7. The van der Waals surface area contributed by atoms with Gasteiger partial charge in [0.05, 0.1) is 0 Å². The summed E-state index contributed by atoms with van der Waals surface area (Å²) in [6.07, 6.45) is 9.90. The molecule has 1 aliphatic carbocycles. The Hall–Kier alpha value is -2.67. The van der Waals surface area contributed by atoms with Crippen molar-refractivity contribution in [3.8, 4) is 0 Å². The predicted octanol–water partition coefficient (Wildman–Crippen LogP) is 8.50. The molecular formula is C30H35F. The summed E-state index contributed by atoms with van der Waals surface area (Å²) in [4.78, 5) is 0.